The van der Waals surface area contributed by atoms with Gasteiger partial charge in [0.05, 0.1) is 31.3 Å². The maximum atomic E-state index is 12.8. The van der Waals surface area contributed by atoms with Crippen LogP contribution < -0.4 is 5.32 Å². The molecule has 1 aliphatic rings. The van der Waals surface area contributed by atoms with Crippen LogP contribution in [0.2, 0.25) is 0 Å². The van der Waals surface area contributed by atoms with Crippen molar-refractivity contribution >= 4 is 13.7 Å². The van der Waals surface area contributed by atoms with Crippen molar-refractivity contribution in [3.05, 3.63) is 24.3 Å². The third kappa shape index (κ3) is 17.3. The second-order valence-corrected chi connectivity index (χ2v) is 13.6. The van der Waals surface area contributed by atoms with Crippen LogP contribution in [0.15, 0.2) is 24.3 Å². The average Bonchev–Trinajstić information content (AvgIpc) is 3.01. The molecule has 0 aromatic carbocycles. The molecule has 14 heteroatoms. The van der Waals surface area contributed by atoms with Crippen molar-refractivity contribution in [1.82, 2.24) is 5.32 Å². The molecule has 270 valence electrons. The Morgan fingerprint density at radius 3 is 1.89 bits per heavy atom. The molecule has 0 saturated heterocycles. The van der Waals surface area contributed by atoms with Gasteiger partial charge in [0, 0.05) is 0 Å². The van der Waals surface area contributed by atoms with Crippen molar-refractivity contribution in [2.45, 2.75) is 165 Å². The van der Waals surface area contributed by atoms with Gasteiger partial charge in [0.15, 0.2) is 0 Å². The number of carbonyl (C=O) groups excluding carboxylic acids is 1. The molecule has 1 aliphatic carbocycles. The molecule has 9 N–H and O–H groups in total. The highest BCUT2D eigenvalue weighted by atomic mass is 31.2. The Morgan fingerprint density at radius 2 is 1.28 bits per heavy atom. The predicted molar refractivity (Wildman–Crippen MR) is 174 cm³/mol. The summed E-state index contributed by atoms with van der Waals surface area (Å²) in [5.74, 6) is -0.612. The van der Waals surface area contributed by atoms with Gasteiger partial charge in [-0.1, -0.05) is 102 Å². The van der Waals surface area contributed by atoms with Crippen LogP contribution in [-0.4, -0.2) is 108 Å². The van der Waals surface area contributed by atoms with E-state index in [1.807, 2.05) is 6.08 Å². The Morgan fingerprint density at radius 1 is 0.761 bits per heavy atom. The summed E-state index contributed by atoms with van der Waals surface area (Å²) in [4.78, 5) is 23.0. The number of phosphoric ester groups is 1. The van der Waals surface area contributed by atoms with Crippen LogP contribution in [0.5, 0.6) is 0 Å². The molecule has 0 heterocycles. The zero-order valence-corrected chi connectivity index (χ0v) is 28.4. The molecular formula is C32H60NO12P. The van der Waals surface area contributed by atoms with Crippen LogP contribution in [-0.2, 0) is 18.4 Å². The Hall–Kier alpha value is -1.22. The van der Waals surface area contributed by atoms with Gasteiger partial charge in [-0.05, 0) is 25.7 Å². The summed E-state index contributed by atoms with van der Waals surface area (Å²) in [5.41, 5.74) is 0. The van der Waals surface area contributed by atoms with E-state index in [2.05, 4.69) is 25.2 Å². The molecule has 0 aromatic rings. The zero-order chi connectivity index (χ0) is 34.5. The van der Waals surface area contributed by atoms with Crippen molar-refractivity contribution in [3.63, 3.8) is 0 Å². The fraction of sp³-hybridized carbons (Fsp3) is 0.844. The number of phosphoric acid groups is 1. The van der Waals surface area contributed by atoms with Gasteiger partial charge in [0.25, 0.3) is 0 Å². The number of aliphatic hydroxyl groups excluding tert-OH is 7. The lowest BCUT2D eigenvalue weighted by Gasteiger charge is -2.41. The highest BCUT2D eigenvalue weighted by molar-refractivity contribution is 7.47. The lowest BCUT2D eigenvalue weighted by molar-refractivity contribution is -0.220. The summed E-state index contributed by atoms with van der Waals surface area (Å²) in [6, 6.07) is -1.25. The molecule has 1 rings (SSSR count). The van der Waals surface area contributed by atoms with Crippen LogP contribution >= 0.6 is 7.82 Å². The van der Waals surface area contributed by atoms with E-state index in [0.717, 1.165) is 51.4 Å². The molecule has 0 bridgehead atoms. The van der Waals surface area contributed by atoms with Crippen molar-refractivity contribution in [2.75, 3.05) is 6.61 Å². The Bertz CT molecular complexity index is 906. The maximum Gasteiger partial charge on any atom is 0.472 e. The summed E-state index contributed by atoms with van der Waals surface area (Å²) in [6.07, 6.45) is 6.38. The van der Waals surface area contributed by atoms with Crippen LogP contribution in [0.25, 0.3) is 0 Å². The van der Waals surface area contributed by atoms with Crippen molar-refractivity contribution in [3.8, 4) is 0 Å². The van der Waals surface area contributed by atoms with Gasteiger partial charge >= 0.3 is 7.82 Å². The highest BCUT2D eigenvalue weighted by Gasteiger charge is 2.51. The summed E-state index contributed by atoms with van der Waals surface area (Å²) < 4.78 is 22.5. The van der Waals surface area contributed by atoms with Crippen molar-refractivity contribution in [1.29, 1.82) is 0 Å². The second-order valence-electron chi connectivity index (χ2n) is 12.2. The van der Waals surface area contributed by atoms with Gasteiger partial charge < -0.3 is 46.0 Å². The Labute approximate surface area is 274 Å². The number of hydrogen-bond acceptors (Lipinski definition) is 11. The number of hydrogen-bond donors (Lipinski definition) is 9. The number of allylic oxidation sites excluding steroid dienone is 3. The number of amides is 1. The van der Waals surface area contributed by atoms with E-state index in [1.165, 1.54) is 31.8 Å². The minimum absolute atomic E-state index is 0.252. The van der Waals surface area contributed by atoms with E-state index in [-0.39, 0.29) is 6.42 Å². The van der Waals surface area contributed by atoms with Gasteiger partial charge in [0.1, 0.15) is 36.6 Å². The van der Waals surface area contributed by atoms with E-state index in [1.54, 1.807) is 6.08 Å². The number of nitrogens with one attached hydrogen (secondary N) is 1. The van der Waals surface area contributed by atoms with Crippen LogP contribution in [0, 0.1) is 0 Å². The molecule has 1 saturated carbocycles. The first-order valence-corrected chi connectivity index (χ1v) is 18.4. The first-order valence-electron chi connectivity index (χ1n) is 16.9. The number of rotatable bonds is 25. The van der Waals surface area contributed by atoms with Crippen molar-refractivity contribution in [2.24, 2.45) is 0 Å². The van der Waals surface area contributed by atoms with Gasteiger partial charge in [0.2, 0.25) is 5.91 Å². The molecule has 13 nitrogen and oxygen atoms in total. The van der Waals surface area contributed by atoms with E-state index in [4.69, 9.17) is 9.05 Å². The molecule has 8 atom stereocenters. The van der Waals surface area contributed by atoms with Crippen molar-refractivity contribution < 1.29 is 59.0 Å². The average molecular weight is 682 g/mol. The molecule has 1 amide bonds. The normalized spacial score (nSPS) is 27.1. The standard InChI is InChI=1S/C32H60NO12P/c1-3-5-7-9-11-13-15-17-19-23(34)21-26(36)33-24(25(35)20-18-16-14-12-10-8-6-4-2)22-44-46(42,43)45-32-30(40)28(38)27(37)29(39)31(32)41/h10,12,18,20,23-25,27-32,34-35,37-41H,3-9,11,13-17,19,21-22H2,1-2H3,(H,33,36)(H,42,43)/b12-10+,20-18+. The molecule has 8 unspecified atom stereocenters. The molecule has 0 radical (unpaired) electrons. The fourth-order valence-electron chi connectivity index (χ4n) is 5.12. The van der Waals surface area contributed by atoms with E-state index >= 15 is 0 Å². The van der Waals surface area contributed by atoms with Gasteiger partial charge in [-0.25, -0.2) is 4.57 Å². The number of aliphatic hydroxyl groups is 7. The lowest BCUT2D eigenvalue weighted by Crippen LogP contribution is -2.64. The Kier molecular flexibility index (Phi) is 22.3. The molecule has 0 aliphatic heterocycles. The molecule has 0 spiro atoms. The van der Waals surface area contributed by atoms with Crippen LogP contribution in [0.1, 0.15) is 110 Å². The van der Waals surface area contributed by atoms with Gasteiger partial charge in [-0.15, -0.1) is 0 Å². The number of unbranched alkanes of at least 4 members (excludes halogenated alkanes) is 10. The quantitative estimate of drug-likeness (QED) is 0.0385. The monoisotopic (exact) mass is 681 g/mol. The molecule has 1 fully saturated rings. The van der Waals surface area contributed by atoms with Gasteiger partial charge in [-0.3, -0.25) is 13.8 Å². The SMILES string of the molecule is CCCC/C=C/CC/C=C/C(O)C(COP(=O)(O)OC1C(O)C(O)C(O)C(O)C1O)NC(=O)CC(O)CCCCCCCCCC. The molecular weight excluding hydrogens is 621 g/mol. The molecule has 0 aromatic heterocycles. The maximum absolute atomic E-state index is 12.8. The third-order valence-corrected chi connectivity index (χ3v) is 9.03. The molecule has 46 heavy (non-hydrogen) atoms. The zero-order valence-electron chi connectivity index (χ0n) is 27.5. The minimum atomic E-state index is -5.12. The lowest BCUT2D eigenvalue weighted by atomic mass is 9.85. The first kappa shape index (κ1) is 42.8. The van der Waals surface area contributed by atoms with E-state index in [9.17, 15) is 50.0 Å². The predicted octanol–water partition coefficient (Wildman–Crippen LogP) is 2.52. The highest BCUT2D eigenvalue weighted by Crippen LogP contribution is 2.47. The van der Waals surface area contributed by atoms with Crippen LogP contribution in [0.4, 0.5) is 0 Å². The fourth-order valence-corrected chi connectivity index (χ4v) is 6.09. The van der Waals surface area contributed by atoms with Crippen LogP contribution in [0.3, 0.4) is 0 Å². The summed E-state index contributed by atoms with van der Waals surface area (Å²) >= 11 is 0. The largest absolute Gasteiger partial charge is 0.472 e. The van der Waals surface area contributed by atoms with E-state index in [0.29, 0.717) is 12.8 Å². The summed E-state index contributed by atoms with van der Waals surface area (Å²) in [6.45, 7) is 3.53. The van der Waals surface area contributed by atoms with E-state index < -0.39 is 75.2 Å². The number of carbonyl (C=O) groups is 1. The minimum Gasteiger partial charge on any atom is -0.393 e. The van der Waals surface area contributed by atoms with Gasteiger partial charge in [-0.2, -0.15) is 0 Å². The smallest absolute Gasteiger partial charge is 0.393 e. The third-order valence-electron chi connectivity index (χ3n) is 8.04. The summed E-state index contributed by atoms with van der Waals surface area (Å²) in [5, 5.41) is 73.5. The Balaban J connectivity index is 2.76. The summed E-state index contributed by atoms with van der Waals surface area (Å²) in [7, 11) is -5.12. The first-order chi connectivity index (χ1) is 21.8. The topological polar surface area (TPSA) is 226 Å². The second kappa shape index (κ2) is 24.0.